The number of amides is 1. The van der Waals surface area contributed by atoms with Crippen LogP contribution in [-0.2, 0) is 11.0 Å². The Morgan fingerprint density at radius 2 is 1.90 bits per heavy atom. The minimum Gasteiger partial charge on any atom is -0.492 e. The number of carbonyl (C=O) groups is 2. The number of unbranched alkanes of at least 4 members (excludes halogenated alkanes) is 1. The molecule has 1 amide bonds. The van der Waals surface area contributed by atoms with Crippen LogP contribution in [0.1, 0.15) is 54.9 Å². The first-order valence-corrected chi connectivity index (χ1v) is 14.9. The van der Waals surface area contributed by atoms with Gasteiger partial charge in [0.1, 0.15) is 17.4 Å². The number of likely N-dealkylation sites (tertiary alicyclic amines) is 1. The van der Waals surface area contributed by atoms with Crippen molar-refractivity contribution >= 4 is 39.9 Å². The third kappa shape index (κ3) is 8.20. The van der Waals surface area contributed by atoms with Crippen LogP contribution in [0.15, 0.2) is 42.5 Å². The second kappa shape index (κ2) is 14.3. The van der Waals surface area contributed by atoms with Gasteiger partial charge in [0.05, 0.1) is 16.1 Å². The van der Waals surface area contributed by atoms with Crippen molar-refractivity contribution in [3.63, 3.8) is 0 Å². The molecule has 0 unspecified atom stereocenters. The van der Waals surface area contributed by atoms with E-state index in [-0.39, 0.29) is 46.3 Å². The van der Waals surface area contributed by atoms with E-state index in [2.05, 4.69) is 15.1 Å². The van der Waals surface area contributed by atoms with E-state index in [1.165, 1.54) is 17.0 Å². The average molecular weight is 625 g/mol. The molecule has 13 heteroatoms. The van der Waals surface area contributed by atoms with Gasteiger partial charge < -0.3 is 9.84 Å². The van der Waals surface area contributed by atoms with Crippen molar-refractivity contribution in [1.82, 2.24) is 15.1 Å². The third-order valence-electron chi connectivity index (χ3n) is 7.10. The Bertz CT molecular complexity index is 1380. The van der Waals surface area contributed by atoms with E-state index in [4.69, 9.17) is 21.4 Å². The number of carbonyl (C=O) groups excluding carboxylic acids is 1. The lowest BCUT2D eigenvalue weighted by atomic mass is 9.94. The predicted octanol–water partition coefficient (Wildman–Crippen LogP) is 6.89. The molecule has 0 aliphatic carbocycles. The molecule has 1 saturated heterocycles. The Labute approximate surface area is 251 Å². The molecule has 3 aromatic rings. The van der Waals surface area contributed by atoms with Crippen LogP contribution in [0.5, 0.6) is 5.75 Å². The maximum absolute atomic E-state index is 14.0. The fourth-order valence-electron chi connectivity index (χ4n) is 4.78. The number of piperidine rings is 1. The molecule has 226 valence electrons. The van der Waals surface area contributed by atoms with Crippen molar-refractivity contribution in [3.05, 3.63) is 58.6 Å². The second-order valence-electron chi connectivity index (χ2n) is 10.1. The van der Waals surface area contributed by atoms with E-state index >= 15 is 0 Å². The number of nitrogens with zero attached hydrogens (tertiary/aromatic N) is 4. The topological polar surface area (TPSA) is 95.9 Å². The maximum atomic E-state index is 14.0. The van der Waals surface area contributed by atoms with Crippen LogP contribution in [-0.4, -0.2) is 64.9 Å². The van der Waals surface area contributed by atoms with Crippen molar-refractivity contribution < 1.29 is 32.6 Å². The molecular weight excluding hydrogens is 593 g/mol. The van der Waals surface area contributed by atoms with Crippen molar-refractivity contribution in [1.29, 1.82) is 0 Å². The first-order chi connectivity index (χ1) is 20.1. The van der Waals surface area contributed by atoms with E-state index in [0.717, 1.165) is 36.7 Å². The molecule has 1 N–H and O–H groups in total. The summed E-state index contributed by atoms with van der Waals surface area (Å²) in [5, 5.41) is 18.0. The Balaban J connectivity index is 1.47. The number of rotatable bonds is 12. The van der Waals surface area contributed by atoms with Crippen LogP contribution in [0.3, 0.4) is 0 Å². The van der Waals surface area contributed by atoms with E-state index in [1.54, 1.807) is 24.3 Å². The largest absolute Gasteiger partial charge is 0.492 e. The molecule has 0 saturated carbocycles. The highest BCUT2D eigenvalue weighted by atomic mass is 35.5. The van der Waals surface area contributed by atoms with Gasteiger partial charge in [-0.3, -0.25) is 19.4 Å². The van der Waals surface area contributed by atoms with Gasteiger partial charge in [-0.25, -0.2) is 0 Å². The van der Waals surface area contributed by atoms with E-state index < -0.39 is 17.7 Å². The summed E-state index contributed by atoms with van der Waals surface area (Å²) in [6.07, 6.45) is -1.55. The number of aromatic nitrogens is 2. The molecule has 1 fully saturated rings. The van der Waals surface area contributed by atoms with Gasteiger partial charge in [0.15, 0.2) is 0 Å². The van der Waals surface area contributed by atoms with E-state index in [9.17, 15) is 22.8 Å². The van der Waals surface area contributed by atoms with Gasteiger partial charge in [0.2, 0.25) is 5.13 Å². The van der Waals surface area contributed by atoms with Gasteiger partial charge >= 0.3 is 12.1 Å². The summed E-state index contributed by atoms with van der Waals surface area (Å²) in [5.74, 6) is -1.33. The van der Waals surface area contributed by atoms with Crippen molar-refractivity contribution in [2.24, 2.45) is 5.92 Å². The Kier molecular flexibility index (Phi) is 10.8. The molecule has 0 bridgehead atoms. The molecule has 2 heterocycles. The summed E-state index contributed by atoms with van der Waals surface area (Å²) in [5.41, 5.74) is -0.413. The lowest BCUT2D eigenvalue weighted by Gasteiger charge is -2.31. The summed E-state index contributed by atoms with van der Waals surface area (Å²) < 4.78 is 47.7. The molecule has 1 aliphatic heterocycles. The number of carboxylic acid groups (broad SMARTS) is 1. The number of aliphatic carboxylic acids is 1. The zero-order valence-corrected chi connectivity index (χ0v) is 24.6. The standard InChI is InChI=1S/C29H32ClF3N4O4S/c1-2-3-12-37(27(40)21-6-4-5-7-23(21)30)28-35-34-26(42-28)20-8-9-24(22(18-20)29(31,32)33)41-16-15-36-13-10-19(11-14-36)17-25(38)39/h4-9,18-19H,2-3,10-17H2,1H3,(H,38,39). The molecule has 0 atom stereocenters. The van der Waals surface area contributed by atoms with Crippen LogP contribution in [0.2, 0.25) is 5.02 Å². The summed E-state index contributed by atoms with van der Waals surface area (Å²) in [4.78, 5) is 27.7. The molecule has 0 spiro atoms. The van der Waals surface area contributed by atoms with Crippen molar-refractivity contribution in [3.8, 4) is 16.3 Å². The van der Waals surface area contributed by atoms with Gasteiger partial charge in [-0.1, -0.05) is 48.4 Å². The van der Waals surface area contributed by atoms with Crippen molar-refractivity contribution in [2.45, 2.75) is 45.2 Å². The number of halogens is 4. The van der Waals surface area contributed by atoms with Crippen LogP contribution >= 0.6 is 22.9 Å². The van der Waals surface area contributed by atoms with Crippen LogP contribution < -0.4 is 9.64 Å². The first kappa shape index (κ1) is 31.7. The molecule has 1 aliphatic rings. The van der Waals surface area contributed by atoms with Gasteiger partial charge in [-0.15, -0.1) is 10.2 Å². The lowest BCUT2D eigenvalue weighted by molar-refractivity contribution is -0.139. The normalized spacial score (nSPS) is 14.6. The number of carboxylic acids is 1. The summed E-state index contributed by atoms with van der Waals surface area (Å²) in [6.45, 7) is 4.19. The van der Waals surface area contributed by atoms with Gasteiger partial charge in [-0.2, -0.15) is 13.2 Å². The number of anilines is 1. The number of alkyl halides is 3. The fraction of sp³-hybridized carbons (Fsp3) is 0.448. The molecule has 4 rings (SSSR count). The van der Waals surface area contributed by atoms with Gasteiger partial charge in [0.25, 0.3) is 5.91 Å². The first-order valence-electron chi connectivity index (χ1n) is 13.7. The fourth-order valence-corrected chi connectivity index (χ4v) is 5.86. The summed E-state index contributed by atoms with van der Waals surface area (Å²) >= 11 is 7.27. The summed E-state index contributed by atoms with van der Waals surface area (Å²) in [7, 11) is 0. The summed E-state index contributed by atoms with van der Waals surface area (Å²) in [6, 6.07) is 10.4. The molecule has 2 aromatic carbocycles. The lowest BCUT2D eigenvalue weighted by Crippen LogP contribution is -2.37. The highest BCUT2D eigenvalue weighted by Gasteiger charge is 2.35. The minimum atomic E-state index is -4.67. The molecule has 1 aromatic heterocycles. The van der Waals surface area contributed by atoms with Crippen LogP contribution in [0.25, 0.3) is 10.6 Å². The number of hydrogen-bond acceptors (Lipinski definition) is 7. The molecule has 42 heavy (non-hydrogen) atoms. The number of benzene rings is 2. The SMILES string of the molecule is CCCCN(C(=O)c1ccccc1Cl)c1nnc(-c2ccc(OCCN3CCC(CC(=O)O)CC3)c(C(F)(F)F)c2)s1. The van der Waals surface area contributed by atoms with Crippen LogP contribution in [0.4, 0.5) is 18.3 Å². The number of hydrogen-bond donors (Lipinski definition) is 1. The van der Waals surface area contributed by atoms with Gasteiger partial charge in [0, 0.05) is 25.1 Å². The Morgan fingerprint density at radius 1 is 1.17 bits per heavy atom. The predicted molar refractivity (Wildman–Crippen MR) is 155 cm³/mol. The highest BCUT2D eigenvalue weighted by molar-refractivity contribution is 7.18. The van der Waals surface area contributed by atoms with Crippen molar-refractivity contribution in [2.75, 3.05) is 37.7 Å². The third-order valence-corrected chi connectivity index (χ3v) is 8.42. The van der Waals surface area contributed by atoms with Gasteiger partial charge in [-0.05, 0) is 68.6 Å². The monoisotopic (exact) mass is 624 g/mol. The zero-order chi connectivity index (χ0) is 30.3. The van der Waals surface area contributed by atoms with E-state index in [0.29, 0.717) is 43.2 Å². The highest BCUT2D eigenvalue weighted by Crippen LogP contribution is 2.40. The minimum absolute atomic E-state index is 0.0610. The molecule has 8 nitrogen and oxygen atoms in total. The Morgan fingerprint density at radius 3 is 2.57 bits per heavy atom. The van der Waals surface area contributed by atoms with Crippen LogP contribution in [0, 0.1) is 5.92 Å². The quantitative estimate of drug-likeness (QED) is 0.234. The average Bonchev–Trinajstić information content (AvgIpc) is 3.43. The Hall–Kier alpha value is -3.22. The molecule has 0 radical (unpaired) electrons. The smallest absolute Gasteiger partial charge is 0.419 e. The van der Waals surface area contributed by atoms with E-state index in [1.807, 2.05) is 6.92 Å². The molecular formula is C29H32ClF3N4O4S. The second-order valence-corrected chi connectivity index (χ2v) is 11.5. The zero-order valence-electron chi connectivity index (χ0n) is 23.1. The number of ether oxygens (including phenoxy) is 1. The maximum Gasteiger partial charge on any atom is 0.419 e.